The van der Waals surface area contributed by atoms with Gasteiger partial charge in [0, 0.05) is 0 Å². The van der Waals surface area contributed by atoms with Crippen LogP contribution in [0.4, 0.5) is 0 Å². The SMILES string of the molecule is CCCCC(CC)OC1CCCCC1. The molecule has 1 rings (SSSR count). The summed E-state index contributed by atoms with van der Waals surface area (Å²) in [5.41, 5.74) is 0. The average Bonchev–Trinajstić information content (AvgIpc) is 2.25. The highest BCUT2D eigenvalue weighted by Crippen LogP contribution is 2.23. The second-order valence-electron chi connectivity index (χ2n) is 4.57. The summed E-state index contributed by atoms with van der Waals surface area (Å²) in [5.74, 6) is 0. The molecule has 1 aliphatic carbocycles. The van der Waals surface area contributed by atoms with Crippen molar-refractivity contribution in [2.24, 2.45) is 0 Å². The van der Waals surface area contributed by atoms with Gasteiger partial charge in [-0.3, -0.25) is 0 Å². The van der Waals surface area contributed by atoms with Gasteiger partial charge in [-0.15, -0.1) is 0 Å². The summed E-state index contributed by atoms with van der Waals surface area (Å²) in [6, 6.07) is 0. The van der Waals surface area contributed by atoms with Gasteiger partial charge in [0.05, 0.1) is 12.2 Å². The first-order valence-corrected chi connectivity index (χ1v) is 6.52. The van der Waals surface area contributed by atoms with E-state index in [1.165, 1.54) is 57.8 Å². The van der Waals surface area contributed by atoms with Crippen molar-refractivity contribution in [2.75, 3.05) is 0 Å². The molecule has 0 N–H and O–H groups in total. The summed E-state index contributed by atoms with van der Waals surface area (Å²) in [6.45, 7) is 4.51. The monoisotopic (exact) mass is 198 g/mol. The molecule has 1 heteroatoms. The average molecular weight is 198 g/mol. The van der Waals surface area contributed by atoms with Crippen molar-refractivity contribution in [3.05, 3.63) is 0 Å². The molecule has 14 heavy (non-hydrogen) atoms. The lowest BCUT2D eigenvalue weighted by Gasteiger charge is -2.27. The fraction of sp³-hybridized carbons (Fsp3) is 1.00. The largest absolute Gasteiger partial charge is 0.375 e. The van der Waals surface area contributed by atoms with Gasteiger partial charge in [0.15, 0.2) is 0 Å². The summed E-state index contributed by atoms with van der Waals surface area (Å²) in [6.07, 6.45) is 13.0. The fourth-order valence-electron chi connectivity index (χ4n) is 2.27. The van der Waals surface area contributed by atoms with Gasteiger partial charge < -0.3 is 4.74 Å². The quantitative estimate of drug-likeness (QED) is 0.618. The highest BCUT2D eigenvalue weighted by molar-refractivity contribution is 4.68. The number of ether oxygens (including phenoxy) is 1. The molecule has 1 nitrogen and oxygen atoms in total. The molecule has 0 aromatic rings. The number of hydrogen-bond acceptors (Lipinski definition) is 1. The number of unbranched alkanes of at least 4 members (excludes halogenated alkanes) is 1. The van der Waals surface area contributed by atoms with E-state index in [2.05, 4.69) is 13.8 Å². The Morgan fingerprint density at radius 1 is 1.14 bits per heavy atom. The Morgan fingerprint density at radius 3 is 2.43 bits per heavy atom. The van der Waals surface area contributed by atoms with Crippen molar-refractivity contribution in [1.82, 2.24) is 0 Å². The zero-order chi connectivity index (χ0) is 10.2. The Bertz CT molecular complexity index is 127. The van der Waals surface area contributed by atoms with E-state index >= 15 is 0 Å². The van der Waals surface area contributed by atoms with Crippen molar-refractivity contribution in [2.45, 2.75) is 83.8 Å². The van der Waals surface area contributed by atoms with Crippen molar-refractivity contribution in [3.63, 3.8) is 0 Å². The molecule has 84 valence electrons. The van der Waals surface area contributed by atoms with Gasteiger partial charge in [-0.25, -0.2) is 0 Å². The molecule has 0 bridgehead atoms. The molecular formula is C13H26O. The van der Waals surface area contributed by atoms with E-state index < -0.39 is 0 Å². The maximum absolute atomic E-state index is 6.14. The van der Waals surface area contributed by atoms with Crippen molar-refractivity contribution in [3.8, 4) is 0 Å². The minimum atomic E-state index is 0.540. The zero-order valence-electron chi connectivity index (χ0n) is 9.93. The molecule has 0 aromatic carbocycles. The summed E-state index contributed by atoms with van der Waals surface area (Å²) in [4.78, 5) is 0. The summed E-state index contributed by atoms with van der Waals surface area (Å²) in [7, 11) is 0. The van der Waals surface area contributed by atoms with Crippen LogP contribution in [0.3, 0.4) is 0 Å². The second-order valence-corrected chi connectivity index (χ2v) is 4.57. The third-order valence-electron chi connectivity index (χ3n) is 3.27. The van der Waals surface area contributed by atoms with E-state index in [-0.39, 0.29) is 0 Å². The number of hydrogen-bond donors (Lipinski definition) is 0. The van der Waals surface area contributed by atoms with Crippen LogP contribution in [-0.4, -0.2) is 12.2 Å². The summed E-state index contributed by atoms with van der Waals surface area (Å²) in [5, 5.41) is 0. The molecular weight excluding hydrogens is 172 g/mol. The maximum Gasteiger partial charge on any atom is 0.0578 e. The Hall–Kier alpha value is -0.0400. The van der Waals surface area contributed by atoms with E-state index in [4.69, 9.17) is 4.74 Å². The van der Waals surface area contributed by atoms with Gasteiger partial charge in [0.1, 0.15) is 0 Å². The first-order valence-electron chi connectivity index (χ1n) is 6.52. The minimum Gasteiger partial charge on any atom is -0.375 e. The maximum atomic E-state index is 6.14. The molecule has 0 aliphatic heterocycles. The molecule has 0 saturated heterocycles. The van der Waals surface area contributed by atoms with Gasteiger partial charge >= 0.3 is 0 Å². The highest BCUT2D eigenvalue weighted by atomic mass is 16.5. The van der Waals surface area contributed by atoms with Crippen LogP contribution in [0, 0.1) is 0 Å². The van der Waals surface area contributed by atoms with Crippen LogP contribution in [0.25, 0.3) is 0 Å². The van der Waals surface area contributed by atoms with E-state index in [0.717, 1.165) is 0 Å². The first kappa shape index (κ1) is 12.0. The van der Waals surface area contributed by atoms with Gasteiger partial charge in [-0.05, 0) is 25.7 Å². The van der Waals surface area contributed by atoms with Gasteiger partial charge in [-0.2, -0.15) is 0 Å². The molecule has 1 atom stereocenters. The molecule has 0 aromatic heterocycles. The Labute approximate surface area is 89.2 Å². The van der Waals surface area contributed by atoms with E-state index in [0.29, 0.717) is 12.2 Å². The van der Waals surface area contributed by atoms with Crippen molar-refractivity contribution < 1.29 is 4.74 Å². The Kier molecular flexibility index (Phi) is 6.25. The smallest absolute Gasteiger partial charge is 0.0578 e. The van der Waals surface area contributed by atoms with Crippen molar-refractivity contribution >= 4 is 0 Å². The molecule has 1 aliphatic rings. The lowest BCUT2D eigenvalue weighted by Crippen LogP contribution is -2.23. The van der Waals surface area contributed by atoms with Crippen LogP contribution >= 0.6 is 0 Å². The standard InChI is InChI=1S/C13H26O/c1-3-5-9-12(4-2)14-13-10-7-6-8-11-13/h12-13H,3-11H2,1-2H3. The van der Waals surface area contributed by atoms with Crippen LogP contribution in [-0.2, 0) is 4.74 Å². The lowest BCUT2D eigenvalue weighted by atomic mass is 9.97. The fourth-order valence-corrected chi connectivity index (χ4v) is 2.27. The molecule has 0 amide bonds. The van der Waals surface area contributed by atoms with Crippen LogP contribution in [0.15, 0.2) is 0 Å². The third-order valence-corrected chi connectivity index (χ3v) is 3.27. The third kappa shape index (κ3) is 4.45. The second kappa shape index (κ2) is 7.28. The highest BCUT2D eigenvalue weighted by Gasteiger charge is 2.17. The van der Waals surface area contributed by atoms with Crippen molar-refractivity contribution in [1.29, 1.82) is 0 Å². The van der Waals surface area contributed by atoms with E-state index in [9.17, 15) is 0 Å². The Balaban J connectivity index is 2.16. The lowest BCUT2D eigenvalue weighted by molar-refractivity contribution is -0.0355. The first-order chi connectivity index (χ1) is 6.86. The van der Waals surface area contributed by atoms with Crippen LogP contribution in [0.5, 0.6) is 0 Å². The van der Waals surface area contributed by atoms with Crippen LogP contribution in [0.2, 0.25) is 0 Å². The minimum absolute atomic E-state index is 0.540. The summed E-state index contributed by atoms with van der Waals surface area (Å²) < 4.78 is 6.14. The van der Waals surface area contributed by atoms with E-state index in [1.807, 2.05) is 0 Å². The molecule has 0 radical (unpaired) electrons. The molecule has 0 spiro atoms. The van der Waals surface area contributed by atoms with E-state index in [1.54, 1.807) is 0 Å². The molecule has 1 fully saturated rings. The predicted molar refractivity (Wildman–Crippen MR) is 61.6 cm³/mol. The molecule has 1 unspecified atom stereocenters. The topological polar surface area (TPSA) is 9.23 Å². The van der Waals surface area contributed by atoms with Gasteiger partial charge in [-0.1, -0.05) is 46.0 Å². The van der Waals surface area contributed by atoms with Crippen LogP contribution < -0.4 is 0 Å². The zero-order valence-corrected chi connectivity index (χ0v) is 9.93. The molecule has 0 heterocycles. The number of rotatable bonds is 6. The Morgan fingerprint density at radius 2 is 1.86 bits per heavy atom. The normalized spacial score (nSPS) is 21.0. The van der Waals surface area contributed by atoms with Crippen LogP contribution in [0.1, 0.15) is 71.6 Å². The summed E-state index contributed by atoms with van der Waals surface area (Å²) >= 11 is 0. The van der Waals surface area contributed by atoms with Gasteiger partial charge in [0.25, 0.3) is 0 Å². The molecule has 1 saturated carbocycles. The van der Waals surface area contributed by atoms with Gasteiger partial charge in [0.2, 0.25) is 0 Å². The predicted octanol–water partition coefficient (Wildman–Crippen LogP) is 4.30.